The molecule has 0 fully saturated rings. The van der Waals surface area contributed by atoms with Crippen molar-refractivity contribution in [2.75, 3.05) is 7.11 Å². The third-order valence-electron chi connectivity index (χ3n) is 5.34. The topological polar surface area (TPSA) is 74.3 Å². The first kappa shape index (κ1) is 20.5. The summed E-state index contributed by atoms with van der Waals surface area (Å²) in [5, 5.41) is 11.2. The van der Waals surface area contributed by atoms with E-state index in [9.17, 15) is 4.79 Å². The summed E-state index contributed by atoms with van der Waals surface area (Å²) >= 11 is 2.87. The second-order valence-corrected chi connectivity index (χ2v) is 9.42. The molecule has 4 heterocycles. The van der Waals surface area contributed by atoms with Gasteiger partial charge in [-0.25, -0.2) is 4.68 Å². The highest BCUT2D eigenvalue weighted by molar-refractivity contribution is 7.15. The van der Waals surface area contributed by atoms with Gasteiger partial charge in [0.25, 0.3) is 5.56 Å². The van der Waals surface area contributed by atoms with Gasteiger partial charge in [0.05, 0.1) is 22.2 Å². The van der Waals surface area contributed by atoms with Gasteiger partial charge in [-0.3, -0.25) is 4.79 Å². The maximum absolute atomic E-state index is 13.1. The van der Waals surface area contributed by atoms with E-state index in [0.717, 1.165) is 33.1 Å². The van der Waals surface area contributed by atoms with E-state index < -0.39 is 0 Å². The second-order valence-electron chi connectivity index (χ2n) is 7.46. The van der Waals surface area contributed by atoms with Gasteiger partial charge in [0, 0.05) is 17.3 Å². The molecule has 0 aliphatic heterocycles. The molecule has 0 spiro atoms. The SMILES string of the molecule is COc1ccc(-c2nn(-c3ccccc3)cc2/C=c2\sc3nc(-c4cccs4)nn3c2=O)cc1. The van der Waals surface area contributed by atoms with Crippen molar-refractivity contribution in [3.05, 3.63) is 98.8 Å². The van der Waals surface area contributed by atoms with E-state index in [2.05, 4.69) is 10.1 Å². The maximum atomic E-state index is 13.1. The minimum atomic E-state index is -0.191. The molecule has 2 aromatic carbocycles. The number of fused-ring (bicyclic) bond motifs is 1. The zero-order valence-electron chi connectivity index (χ0n) is 18.0. The summed E-state index contributed by atoms with van der Waals surface area (Å²) in [6.45, 7) is 0. The Hall–Kier alpha value is -4.08. The van der Waals surface area contributed by atoms with E-state index in [0.29, 0.717) is 15.3 Å². The van der Waals surface area contributed by atoms with Crippen molar-refractivity contribution in [3.63, 3.8) is 0 Å². The summed E-state index contributed by atoms with van der Waals surface area (Å²) in [6, 6.07) is 21.5. The molecule has 0 aliphatic rings. The lowest BCUT2D eigenvalue weighted by molar-refractivity contribution is 0.415. The van der Waals surface area contributed by atoms with Crippen LogP contribution in [0.5, 0.6) is 5.75 Å². The van der Waals surface area contributed by atoms with Crippen LogP contribution in [0.15, 0.2) is 83.1 Å². The van der Waals surface area contributed by atoms with Crippen LogP contribution >= 0.6 is 22.7 Å². The number of methoxy groups -OCH3 is 1. The number of ether oxygens (including phenoxy) is 1. The lowest BCUT2D eigenvalue weighted by Gasteiger charge is -2.02. The summed E-state index contributed by atoms with van der Waals surface area (Å²) < 4.78 is 9.04. The molecule has 6 aromatic rings. The first-order valence-corrected chi connectivity index (χ1v) is 12.1. The molecule has 0 saturated carbocycles. The highest BCUT2D eigenvalue weighted by atomic mass is 32.1. The van der Waals surface area contributed by atoms with Gasteiger partial charge < -0.3 is 4.74 Å². The Labute approximate surface area is 201 Å². The number of nitrogens with zero attached hydrogens (tertiary/aromatic N) is 5. The smallest absolute Gasteiger partial charge is 0.291 e. The van der Waals surface area contributed by atoms with E-state index in [1.54, 1.807) is 18.4 Å². The number of benzene rings is 2. The van der Waals surface area contributed by atoms with Gasteiger partial charge in [-0.05, 0) is 53.9 Å². The predicted molar refractivity (Wildman–Crippen MR) is 135 cm³/mol. The molecule has 0 unspecified atom stereocenters. The van der Waals surface area contributed by atoms with Gasteiger partial charge in [0.1, 0.15) is 11.4 Å². The number of aromatic nitrogens is 5. The van der Waals surface area contributed by atoms with Crippen LogP contribution in [0, 0.1) is 0 Å². The van der Waals surface area contributed by atoms with Gasteiger partial charge in [-0.2, -0.15) is 14.6 Å². The van der Waals surface area contributed by atoms with E-state index in [1.807, 2.05) is 89.1 Å². The number of hydrogen-bond acceptors (Lipinski definition) is 7. The molecule has 6 rings (SSSR count). The van der Waals surface area contributed by atoms with E-state index in [4.69, 9.17) is 9.84 Å². The first-order valence-electron chi connectivity index (χ1n) is 10.4. The molecule has 7 nitrogen and oxygen atoms in total. The molecule has 0 N–H and O–H groups in total. The fourth-order valence-corrected chi connectivity index (χ4v) is 5.22. The fourth-order valence-electron chi connectivity index (χ4n) is 3.66. The lowest BCUT2D eigenvalue weighted by Crippen LogP contribution is -2.23. The molecule has 0 atom stereocenters. The predicted octanol–water partition coefficient (Wildman–Crippen LogP) is 4.29. The summed E-state index contributed by atoms with van der Waals surface area (Å²) in [5.74, 6) is 1.34. The highest BCUT2D eigenvalue weighted by Gasteiger charge is 2.15. The van der Waals surface area contributed by atoms with Crippen molar-refractivity contribution in [3.8, 4) is 33.4 Å². The standard InChI is InChI=1S/C25H17N5O2S2/c1-32-19-11-9-16(10-12-19)22-17(15-29(27-22)18-6-3-2-4-7-18)14-21-24(31)30-25(34-21)26-23(28-30)20-8-5-13-33-20/h2-15H,1H3/b21-14-. The van der Waals surface area contributed by atoms with Gasteiger partial charge in [-0.15, -0.1) is 16.4 Å². The zero-order chi connectivity index (χ0) is 23.1. The number of thiazole rings is 1. The molecular formula is C25H17N5O2S2. The van der Waals surface area contributed by atoms with Crippen molar-refractivity contribution in [2.24, 2.45) is 0 Å². The van der Waals surface area contributed by atoms with Crippen LogP contribution in [-0.4, -0.2) is 31.5 Å². The summed E-state index contributed by atoms with van der Waals surface area (Å²) in [4.78, 5) is 19.2. The quantitative estimate of drug-likeness (QED) is 0.366. The van der Waals surface area contributed by atoms with Crippen LogP contribution in [0.1, 0.15) is 5.56 Å². The zero-order valence-corrected chi connectivity index (χ0v) is 19.6. The lowest BCUT2D eigenvalue weighted by atomic mass is 10.1. The Morgan fingerprint density at radius 3 is 2.50 bits per heavy atom. The van der Waals surface area contributed by atoms with E-state index >= 15 is 0 Å². The summed E-state index contributed by atoms with van der Waals surface area (Å²) in [6.07, 6.45) is 3.79. The summed E-state index contributed by atoms with van der Waals surface area (Å²) in [7, 11) is 1.64. The van der Waals surface area contributed by atoms with Gasteiger partial charge >= 0.3 is 0 Å². The Morgan fingerprint density at radius 2 is 1.79 bits per heavy atom. The third-order valence-corrected chi connectivity index (χ3v) is 7.16. The molecule has 0 radical (unpaired) electrons. The average Bonchev–Trinajstić information content (AvgIpc) is 3.66. The number of hydrogen-bond donors (Lipinski definition) is 0. The third kappa shape index (κ3) is 3.60. The van der Waals surface area contributed by atoms with Gasteiger partial charge in [-0.1, -0.05) is 35.6 Å². The molecule has 166 valence electrons. The van der Waals surface area contributed by atoms with Crippen LogP contribution in [-0.2, 0) is 0 Å². The van der Waals surface area contributed by atoms with Crippen molar-refractivity contribution in [1.29, 1.82) is 0 Å². The minimum Gasteiger partial charge on any atom is -0.497 e. The monoisotopic (exact) mass is 483 g/mol. The second kappa shape index (κ2) is 8.36. The minimum absolute atomic E-state index is 0.191. The van der Waals surface area contributed by atoms with Crippen molar-refractivity contribution < 1.29 is 4.74 Å². The van der Waals surface area contributed by atoms with Crippen LogP contribution in [0.25, 0.3) is 38.7 Å². The molecule has 0 amide bonds. The van der Waals surface area contributed by atoms with Crippen molar-refractivity contribution in [1.82, 2.24) is 24.4 Å². The summed E-state index contributed by atoms with van der Waals surface area (Å²) in [5.41, 5.74) is 3.26. The largest absolute Gasteiger partial charge is 0.497 e. The Kier molecular flexibility index (Phi) is 5.05. The molecule has 0 bridgehead atoms. The number of para-hydroxylation sites is 1. The first-order chi connectivity index (χ1) is 16.7. The number of rotatable bonds is 5. The van der Waals surface area contributed by atoms with Gasteiger partial charge in [0.2, 0.25) is 4.96 Å². The Balaban J connectivity index is 1.49. The van der Waals surface area contributed by atoms with Crippen molar-refractivity contribution >= 4 is 33.7 Å². The molecule has 0 saturated heterocycles. The molecule has 4 aromatic heterocycles. The normalized spacial score (nSPS) is 12.0. The Bertz CT molecular complexity index is 1700. The Morgan fingerprint density at radius 1 is 0.971 bits per heavy atom. The van der Waals surface area contributed by atoms with Crippen molar-refractivity contribution in [2.45, 2.75) is 0 Å². The highest BCUT2D eigenvalue weighted by Crippen LogP contribution is 2.27. The molecule has 0 aliphatic carbocycles. The number of thiophene rings is 1. The fraction of sp³-hybridized carbons (Fsp3) is 0.0400. The maximum Gasteiger partial charge on any atom is 0.291 e. The average molecular weight is 484 g/mol. The van der Waals surface area contributed by atoms with Gasteiger partial charge in [0.15, 0.2) is 5.82 Å². The van der Waals surface area contributed by atoms with E-state index in [1.165, 1.54) is 15.9 Å². The molecular weight excluding hydrogens is 466 g/mol. The van der Waals surface area contributed by atoms with Crippen LogP contribution in [0.4, 0.5) is 0 Å². The van der Waals surface area contributed by atoms with Crippen LogP contribution < -0.4 is 14.8 Å². The van der Waals surface area contributed by atoms with E-state index in [-0.39, 0.29) is 5.56 Å². The molecule has 34 heavy (non-hydrogen) atoms. The molecule has 9 heteroatoms. The van der Waals surface area contributed by atoms with Crippen LogP contribution in [0.2, 0.25) is 0 Å². The van der Waals surface area contributed by atoms with Crippen LogP contribution in [0.3, 0.4) is 0 Å².